The minimum absolute atomic E-state index is 0.0316. The molecule has 0 saturated carbocycles. The van der Waals surface area contributed by atoms with Gasteiger partial charge in [0.25, 0.3) is 0 Å². The molecule has 2 saturated heterocycles. The second-order valence-corrected chi connectivity index (χ2v) is 11.9. The number of piperidine rings is 1. The molecule has 2 aromatic rings. The number of β-amino-alcohol motifs (C(OH)–C–C–N with tert-alkyl or cyclic N) is 1. The second kappa shape index (κ2) is 12.8. The Kier molecular flexibility index (Phi) is 9.41. The Morgan fingerprint density at radius 3 is 2.65 bits per heavy atom. The van der Waals surface area contributed by atoms with Gasteiger partial charge in [0.05, 0.1) is 35.8 Å². The number of ether oxygens (including phenoxy) is 1. The lowest BCUT2D eigenvalue weighted by atomic mass is 10.0. The lowest BCUT2D eigenvalue weighted by Crippen LogP contribution is -2.42. The number of likely N-dealkylation sites (tertiary alicyclic amines) is 2. The number of methoxy groups -OCH3 is 1. The minimum atomic E-state index is -4.53. The number of nitrogens with zero attached hydrogens (tertiary/aromatic N) is 4. The number of aliphatic hydroxyl groups excluding tert-OH is 1. The van der Waals surface area contributed by atoms with Crippen molar-refractivity contribution < 1.29 is 27.8 Å². The van der Waals surface area contributed by atoms with Crippen molar-refractivity contribution in [2.45, 2.75) is 68.5 Å². The van der Waals surface area contributed by atoms with Crippen LogP contribution in [0.1, 0.15) is 42.5 Å². The number of aromatic nitrogens is 2. The van der Waals surface area contributed by atoms with Crippen molar-refractivity contribution in [2.24, 2.45) is 0 Å². The summed E-state index contributed by atoms with van der Waals surface area (Å²) in [7, 11) is 1.73. The van der Waals surface area contributed by atoms with Crippen molar-refractivity contribution in [3.8, 4) is 11.3 Å². The predicted octanol–water partition coefficient (Wildman–Crippen LogP) is 3.40. The highest BCUT2D eigenvalue weighted by molar-refractivity contribution is 8.00. The van der Waals surface area contributed by atoms with Gasteiger partial charge in [-0.25, -0.2) is 0 Å². The summed E-state index contributed by atoms with van der Waals surface area (Å²) in [5.41, 5.74) is 2.41. The summed E-state index contributed by atoms with van der Waals surface area (Å²) in [6, 6.07) is 4.08. The summed E-state index contributed by atoms with van der Waals surface area (Å²) in [5, 5.41) is 19.1. The van der Waals surface area contributed by atoms with E-state index < -0.39 is 17.8 Å². The molecule has 0 aliphatic carbocycles. The summed E-state index contributed by atoms with van der Waals surface area (Å²) in [6.07, 6.45) is -0.416. The quantitative estimate of drug-likeness (QED) is 0.440. The molecule has 0 bridgehead atoms. The maximum Gasteiger partial charge on any atom is 0.417 e. The number of halogens is 3. The van der Waals surface area contributed by atoms with Gasteiger partial charge in [0.2, 0.25) is 5.91 Å². The SMILES string of the molecule is COC1CCN(CC(O)Cn2nc(-c3ccc(C(F)(F)F)c(SCC(=O)N4CCCC4)c3)c3c2CCNC3)CC1. The van der Waals surface area contributed by atoms with Gasteiger partial charge in [0.1, 0.15) is 0 Å². The van der Waals surface area contributed by atoms with Gasteiger partial charge in [-0.2, -0.15) is 18.3 Å². The van der Waals surface area contributed by atoms with Gasteiger partial charge in [0.15, 0.2) is 0 Å². The molecule has 4 heterocycles. The molecule has 1 atom stereocenters. The minimum Gasteiger partial charge on any atom is -0.390 e. The first-order valence-corrected chi connectivity index (χ1v) is 15.1. The van der Waals surface area contributed by atoms with Gasteiger partial charge in [-0.3, -0.25) is 9.48 Å². The van der Waals surface area contributed by atoms with E-state index in [0.717, 1.165) is 80.8 Å². The number of alkyl halides is 3. The second-order valence-electron chi connectivity index (χ2n) is 10.9. The average molecular weight is 582 g/mol. The van der Waals surface area contributed by atoms with E-state index in [1.165, 1.54) is 12.1 Å². The summed E-state index contributed by atoms with van der Waals surface area (Å²) in [4.78, 5) is 16.6. The van der Waals surface area contributed by atoms with Crippen molar-refractivity contribution in [2.75, 3.05) is 52.1 Å². The topological polar surface area (TPSA) is 82.9 Å². The Labute approximate surface area is 237 Å². The zero-order chi connectivity index (χ0) is 28.3. The van der Waals surface area contributed by atoms with E-state index in [2.05, 4.69) is 10.2 Å². The van der Waals surface area contributed by atoms with E-state index in [-0.39, 0.29) is 22.7 Å². The van der Waals surface area contributed by atoms with Gasteiger partial charge in [-0.1, -0.05) is 6.07 Å². The average Bonchev–Trinajstić information content (AvgIpc) is 3.61. The lowest BCUT2D eigenvalue weighted by molar-refractivity contribution is -0.139. The third kappa shape index (κ3) is 6.84. The normalized spacial score (nSPS) is 19.7. The zero-order valence-electron chi connectivity index (χ0n) is 22.9. The molecule has 1 unspecified atom stereocenters. The number of aliphatic hydroxyl groups is 1. The molecular formula is C28H38F3N5O3S. The molecule has 1 aromatic carbocycles. The Hall–Kier alpha value is -2.12. The molecule has 3 aliphatic heterocycles. The van der Waals surface area contributed by atoms with Crippen LogP contribution in [0.25, 0.3) is 11.3 Å². The highest BCUT2D eigenvalue weighted by atomic mass is 32.2. The number of fused-ring (bicyclic) bond motifs is 1. The fraction of sp³-hybridized carbons (Fsp3) is 0.643. The summed E-state index contributed by atoms with van der Waals surface area (Å²) in [6.45, 7) is 5.25. The molecule has 8 nitrogen and oxygen atoms in total. The number of hydrogen-bond donors (Lipinski definition) is 2. The van der Waals surface area contributed by atoms with E-state index >= 15 is 0 Å². The van der Waals surface area contributed by atoms with Crippen LogP contribution in [-0.4, -0.2) is 94.9 Å². The molecule has 40 heavy (non-hydrogen) atoms. The van der Waals surface area contributed by atoms with E-state index in [1.807, 2.05) is 4.68 Å². The maximum absolute atomic E-state index is 13.9. The van der Waals surface area contributed by atoms with Crippen LogP contribution in [0.3, 0.4) is 0 Å². The first kappa shape index (κ1) is 29.4. The first-order valence-electron chi connectivity index (χ1n) is 14.1. The van der Waals surface area contributed by atoms with E-state index in [9.17, 15) is 23.1 Å². The largest absolute Gasteiger partial charge is 0.417 e. The van der Waals surface area contributed by atoms with Crippen LogP contribution in [0.5, 0.6) is 0 Å². The highest BCUT2D eigenvalue weighted by Gasteiger charge is 2.35. The van der Waals surface area contributed by atoms with E-state index in [4.69, 9.17) is 9.84 Å². The monoisotopic (exact) mass is 581 g/mol. The predicted molar refractivity (Wildman–Crippen MR) is 147 cm³/mol. The smallest absolute Gasteiger partial charge is 0.390 e. The molecule has 0 spiro atoms. The van der Waals surface area contributed by atoms with Crippen LogP contribution in [0.4, 0.5) is 13.2 Å². The number of thioether (sulfide) groups is 1. The highest BCUT2D eigenvalue weighted by Crippen LogP contribution is 2.40. The molecule has 1 aromatic heterocycles. The molecule has 1 amide bonds. The van der Waals surface area contributed by atoms with Crippen molar-refractivity contribution in [3.63, 3.8) is 0 Å². The number of benzene rings is 1. The van der Waals surface area contributed by atoms with E-state index in [0.29, 0.717) is 44.0 Å². The molecule has 12 heteroatoms. The number of carbonyl (C=O) groups excluding carboxylic acids is 1. The number of hydrogen-bond acceptors (Lipinski definition) is 7. The lowest BCUT2D eigenvalue weighted by Gasteiger charge is -2.32. The van der Waals surface area contributed by atoms with Crippen LogP contribution in [0.2, 0.25) is 0 Å². The van der Waals surface area contributed by atoms with Gasteiger partial charge in [0, 0.05) is 81.1 Å². The van der Waals surface area contributed by atoms with Crippen LogP contribution in [0.15, 0.2) is 23.1 Å². The standard InChI is InChI=1S/C28H38F3N5O3S/c1-39-21-7-12-34(13-8-21)16-20(37)17-36-24-6-9-32-15-22(24)27(33-36)19-4-5-23(28(29,30)31)25(14-19)40-18-26(38)35-10-2-3-11-35/h4-5,14,20-21,32,37H,2-3,6-13,15-18H2,1H3. The molecule has 2 N–H and O–H groups in total. The van der Waals surface area contributed by atoms with Crippen molar-refractivity contribution in [3.05, 3.63) is 35.0 Å². The van der Waals surface area contributed by atoms with Crippen LogP contribution in [0, 0.1) is 0 Å². The van der Waals surface area contributed by atoms with Gasteiger partial charge in [-0.05, 0) is 37.8 Å². The van der Waals surface area contributed by atoms with Crippen LogP contribution in [-0.2, 0) is 35.2 Å². The summed E-state index contributed by atoms with van der Waals surface area (Å²) >= 11 is 0.938. The third-order valence-electron chi connectivity index (χ3n) is 8.10. The third-order valence-corrected chi connectivity index (χ3v) is 9.14. The van der Waals surface area contributed by atoms with Crippen molar-refractivity contribution in [1.29, 1.82) is 0 Å². The van der Waals surface area contributed by atoms with Gasteiger partial charge < -0.3 is 25.0 Å². The molecule has 3 aliphatic rings. The zero-order valence-corrected chi connectivity index (χ0v) is 23.7. The number of nitrogens with one attached hydrogen (secondary N) is 1. The van der Waals surface area contributed by atoms with Crippen molar-refractivity contribution >= 4 is 17.7 Å². The first-order chi connectivity index (χ1) is 19.2. The fourth-order valence-corrected chi connectivity index (χ4v) is 6.92. The van der Waals surface area contributed by atoms with Crippen molar-refractivity contribution in [1.82, 2.24) is 24.9 Å². The number of rotatable bonds is 9. The molecular weight excluding hydrogens is 543 g/mol. The molecule has 220 valence electrons. The van der Waals surface area contributed by atoms with Crippen LogP contribution >= 0.6 is 11.8 Å². The molecule has 0 radical (unpaired) electrons. The maximum atomic E-state index is 13.9. The Balaban J connectivity index is 1.36. The summed E-state index contributed by atoms with van der Waals surface area (Å²) < 4.78 is 48.9. The molecule has 5 rings (SSSR count). The summed E-state index contributed by atoms with van der Waals surface area (Å²) in [5.74, 6) is -0.165. The number of amides is 1. The Bertz CT molecular complexity index is 1180. The van der Waals surface area contributed by atoms with Crippen LogP contribution < -0.4 is 5.32 Å². The van der Waals surface area contributed by atoms with Gasteiger partial charge >= 0.3 is 6.18 Å². The van der Waals surface area contributed by atoms with Gasteiger partial charge in [-0.15, -0.1) is 11.8 Å². The number of carbonyl (C=O) groups is 1. The fourth-order valence-electron chi connectivity index (χ4n) is 5.91. The molecule has 2 fully saturated rings. The van der Waals surface area contributed by atoms with E-state index in [1.54, 1.807) is 12.0 Å². The Morgan fingerprint density at radius 1 is 1.20 bits per heavy atom. The Morgan fingerprint density at radius 2 is 1.95 bits per heavy atom.